The predicted molar refractivity (Wildman–Crippen MR) is 101 cm³/mol. The summed E-state index contributed by atoms with van der Waals surface area (Å²) in [5.74, 6) is 0.145. The van der Waals surface area contributed by atoms with E-state index < -0.39 is 15.8 Å². The molecule has 2 rings (SSSR count). The van der Waals surface area contributed by atoms with Crippen molar-refractivity contribution in [1.82, 2.24) is 4.83 Å². The lowest BCUT2D eigenvalue weighted by Crippen LogP contribution is -2.18. The second-order valence-corrected chi connectivity index (χ2v) is 8.30. The summed E-state index contributed by atoms with van der Waals surface area (Å²) in [5, 5.41) is 4.27. The molecule has 9 heteroatoms. The van der Waals surface area contributed by atoms with Crippen LogP contribution in [0.4, 0.5) is 4.39 Å². The van der Waals surface area contributed by atoms with Crippen LogP contribution in [0.2, 0.25) is 10.0 Å². The van der Waals surface area contributed by atoms with Gasteiger partial charge in [-0.1, -0.05) is 37.0 Å². The highest BCUT2D eigenvalue weighted by atomic mass is 35.5. The van der Waals surface area contributed by atoms with Gasteiger partial charge in [0.25, 0.3) is 10.0 Å². The summed E-state index contributed by atoms with van der Waals surface area (Å²) >= 11 is 12.3. The normalized spacial score (nSPS) is 11.9. The third kappa shape index (κ3) is 5.59. The average molecular weight is 419 g/mol. The van der Waals surface area contributed by atoms with E-state index in [-0.39, 0.29) is 4.90 Å². The van der Waals surface area contributed by atoms with Crippen LogP contribution in [0.25, 0.3) is 0 Å². The van der Waals surface area contributed by atoms with Crippen molar-refractivity contribution in [2.45, 2.75) is 18.7 Å². The maximum atomic E-state index is 12.9. The Kier molecular flexibility index (Phi) is 6.86. The molecule has 0 saturated heterocycles. The Morgan fingerprint density at radius 3 is 2.31 bits per heavy atom. The molecule has 0 aliphatic heterocycles. The summed E-state index contributed by atoms with van der Waals surface area (Å²) in [6.45, 7) is 4.45. The Morgan fingerprint density at radius 2 is 1.77 bits per heavy atom. The van der Waals surface area contributed by atoms with E-state index in [9.17, 15) is 12.8 Å². The largest absolute Gasteiger partial charge is 0.490 e. The van der Waals surface area contributed by atoms with Gasteiger partial charge in [-0.2, -0.15) is 13.5 Å². The highest BCUT2D eigenvalue weighted by Crippen LogP contribution is 2.34. The Hall–Kier alpha value is -1.83. The molecule has 0 heterocycles. The number of ether oxygens (including phenoxy) is 1. The summed E-state index contributed by atoms with van der Waals surface area (Å²) in [6, 6.07) is 7.49. The van der Waals surface area contributed by atoms with E-state index in [0.29, 0.717) is 33.9 Å². The molecule has 0 spiro atoms. The Morgan fingerprint density at radius 1 is 1.19 bits per heavy atom. The summed E-state index contributed by atoms with van der Waals surface area (Å²) in [7, 11) is -3.90. The lowest BCUT2D eigenvalue weighted by Gasteiger charge is -2.12. The SMILES string of the molecule is CC(C)COc1c(Cl)cc(/C=N/NS(=O)(=O)c2ccc(F)cc2)cc1Cl. The van der Waals surface area contributed by atoms with Gasteiger partial charge in [0, 0.05) is 0 Å². The molecule has 0 unspecified atom stereocenters. The minimum absolute atomic E-state index is 0.107. The zero-order valence-corrected chi connectivity index (χ0v) is 16.4. The first kappa shape index (κ1) is 20.5. The van der Waals surface area contributed by atoms with Crippen LogP contribution < -0.4 is 9.57 Å². The standard InChI is InChI=1S/C17H17Cl2FN2O3S/c1-11(2)10-25-17-15(18)7-12(8-16(17)19)9-21-22-26(23,24)14-5-3-13(20)4-6-14/h3-9,11,22H,10H2,1-2H3/b21-9+. The van der Waals surface area contributed by atoms with Crippen LogP contribution in [0.15, 0.2) is 46.4 Å². The average Bonchev–Trinajstić information content (AvgIpc) is 2.54. The van der Waals surface area contributed by atoms with Crippen LogP contribution in [0.3, 0.4) is 0 Å². The Bertz CT molecular complexity index is 878. The molecule has 0 aliphatic rings. The van der Waals surface area contributed by atoms with Gasteiger partial charge in [-0.05, 0) is 47.9 Å². The summed E-state index contributed by atoms with van der Waals surface area (Å²) in [4.78, 5) is 1.93. The first-order valence-electron chi connectivity index (χ1n) is 7.61. The Balaban J connectivity index is 2.11. The van der Waals surface area contributed by atoms with Gasteiger partial charge in [0.05, 0.1) is 27.8 Å². The molecule has 0 atom stereocenters. The lowest BCUT2D eigenvalue weighted by atomic mass is 10.2. The van der Waals surface area contributed by atoms with Crippen molar-refractivity contribution in [2.24, 2.45) is 11.0 Å². The second kappa shape index (κ2) is 8.70. The molecule has 5 nitrogen and oxygen atoms in total. The molecule has 1 N–H and O–H groups in total. The number of halogens is 3. The summed E-state index contributed by atoms with van der Waals surface area (Å²) < 4.78 is 42.5. The fraction of sp³-hybridized carbons (Fsp3) is 0.235. The number of hydrogen-bond acceptors (Lipinski definition) is 4. The zero-order valence-electron chi connectivity index (χ0n) is 14.0. The molecular weight excluding hydrogens is 402 g/mol. The van der Waals surface area contributed by atoms with Crippen molar-refractivity contribution >= 4 is 39.4 Å². The van der Waals surface area contributed by atoms with Gasteiger partial charge >= 0.3 is 0 Å². The molecular formula is C17H17Cl2FN2O3S. The van der Waals surface area contributed by atoms with Crippen LogP contribution in [0, 0.1) is 11.7 Å². The van der Waals surface area contributed by atoms with Crippen LogP contribution in [-0.2, 0) is 10.0 Å². The number of hydrazone groups is 1. The first-order valence-corrected chi connectivity index (χ1v) is 9.85. The molecule has 0 radical (unpaired) electrons. The smallest absolute Gasteiger partial charge is 0.276 e. The summed E-state index contributed by atoms with van der Waals surface area (Å²) in [6.07, 6.45) is 1.26. The molecule has 2 aromatic rings. The van der Waals surface area contributed by atoms with E-state index >= 15 is 0 Å². The van der Waals surface area contributed by atoms with E-state index in [0.717, 1.165) is 24.3 Å². The zero-order chi connectivity index (χ0) is 19.3. The van der Waals surface area contributed by atoms with Crippen molar-refractivity contribution < 1.29 is 17.5 Å². The number of nitrogens with one attached hydrogen (secondary N) is 1. The predicted octanol–water partition coefficient (Wildman–Crippen LogP) is 4.48. The second-order valence-electron chi connectivity index (χ2n) is 5.83. The van der Waals surface area contributed by atoms with E-state index in [2.05, 4.69) is 5.10 Å². The topological polar surface area (TPSA) is 67.8 Å². The van der Waals surface area contributed by atoms with Crippen molar-refractivity contribution in [3.8, 4) is 5.75 Å². The molecule has 0 fully saturated rings. The molecule has 0 aromatic heterocycles. The highest BCUT2D eigenvalue weighted by Gasteiger charge is 2.13. The van der Waals surface area contributed by atoms with Gasteiger partial charge in [-0.3, -0.25) is 0 Å². The maximum Gasteiger partial charge on any atom is 0.276 e. The van der Waals surface area contributed by atoms with Gasteiger partial charge in [0.15, 0.2) is 5.75 Å². The van der Waals surface area contributed by atoms with Crippen molar-refractivity contribution in [3.05, 3.63) is 57.8 Å². The van der Waals surface area contributed by atoms with Crippen molar-refractivity contribution in [3.63, 3.8) is 0 Å². The quantitative estimate of drug-likeness (QED) is 0.532. The molecule has 2 aromatic carbocycles. The number of sulfonamides is 1. The molecule has 0 bridgehead atoms. The van der Waals surface area contributed by atoms with Gasteiger partial charge in [-0.15, -0.1) is 0 Å². The van der Waals surface area contributed by atoms with Crippen LogP contribution in [0.5, 0.6) is 5.75 Å². The van der Waals surface area contributed by atoms with E-state index in [1.807, 2.05) is 18.7 Å². The van der Waals surface area contributed by atoms with Crippen LogP contribution in [0.1, 0.15) is 19.4 Å². The van der Waals surface area contributed by atoms with Gasteiger partial charge in [-0.25, -0.2) is 9.22 Å². The van der Waals surface area contributed by atoms with E-state index in [4.69, 9.17) is 27.9 Å². The van der Waals surface area contributed by atoms with Crippen LogP contribution in [-0.4, -0.2) is 21.2 Å². The molecule has 0 aliphatic carbocycles. The maximum absolute atomic E-state index is 12.9. The number of nitrogens with zero attached hydrogens (tertiary/aromatic N) is 1. The molecule has 26 heavy (non-hydrogen) atoms. The minimum atomic E-state index is -3.90. The number of benzene rings is 2. The minimum Gasteiger partial charge on any atom is -0.490 e. The van der Waals surface area contributed by atoms with E-state index in [1.165, 1.54) is 6.21 Å². The lowest BCUT2D eigenvalue weighted by molar-refractivity contribution is 0.271. The molecule has 0 saturated carbocycles. The van der Waals surface area contributed by atoms with Gasteiger partial charge < -0.3 is 4.74 Å². The monoisotopic (exact) mass is 418 g/mol. The number of rotatable bonds is 7. The fourth-order valence-corrected chi connectivity index (χ4v) is 3.28. The van der Waals surface area contributed by atoms with Gasteiger partial charge in [0.1, 0.15) is 5.82 Å². The van der Waals surface area contributed by atoms with Gasteiger partial charge in [0.2, 0.25) is 0 Å². The summed E-state index contributed by atoms with van der Waals surface area (Å²) in [5.41, 5.74) is 0.485. The number of hydrogen-bond donors (Lipinski definition) is 1. The first-order chi connectivity index (χ1) is 12.2. The Labute approximate surface area is 161 Å². The van der Waals surface area contributed by atoms with E-state index in [1.54, 1.807) is 12.1 Å². The van der Waals surface area contributed by atoms with Crippen LogP contribution >= 0.6 is 23.2 Å². The fourth-order valence-electron chi connectivity index (χ4n) is 1.88. The van der Waals surface area contributed by atoms with Crippen molar-refractivity contribution in [2.75, 3.05) is 6.61 Å². The van der Waals surface area contributed by atoms with Crippen molar-refractivity contribution in [1.29, 1.82) is 0 Å². The molecule has 140 valence electrons. The third-order valence-electron chi connectivity index (χ3n) is 3.09. The molecule has 0 amide bonds. The highest BCUT2D eigenvalue weighted by molar-refractivity contribution is 7.89. The third-order valence-corrected chi connectivity index (χ3v) is 4.89.